The van der Waals surface area contributed by atoms with Gasteiger partial charge in [0.1, 0.15) is 0 Å². The Morgan fingerprint density at radius 3 is 2.85 bits per heavy atom. The zero-order valence-electron chi connectivity index (χ0n) is 7.40. The largest absolute Gasteiger partial charge is 0.396 e. The Morgan fingerprint density at radius 2 is 2.23 bits per heavy atom. The first-order valence-corrected chi connectivity index (χ1v) is 5.82. The van der Waals surface area contributed by atoms with E-state index in [-0.39, 0.29) is 19.3 Å². The van der Waals surface area contributed by atoms with E-state index in [2.05, 4.69) is 8.91 Å². The Hall–Kier alpha value is -0.170. The molecule has 2 N–H and O–H groups in total. The molecule has 0 aromatic carbocycles. The second-order valence-corrected chi connectivity index (χ2v) is 4.48. The van der Waals surface area contributed by atoms with Gasteiger partial charge < -0.3 is 5.11 Å². The van der Waals surface area contributed by atoms with Crippen molar-refractivity contribution in [2.75, 3.05) is 13.2 Å². The molecule has 0 aliphatic carbocycles. The molecule has 1 aliphatic rings. The Balaban J connectivity index is 2.27. The number of aliphatic hydroxyl groups is 1. The third-order valence-corrected chi connectivity index (χ3v) is 3.08. The number of rotatable bonds is 4. The van der Waals surface area contributed by atoms with Crippen LogP contribution < -0.4 is 4.72 Å². The van der Waals surface area contributed by atoms with Gasteiger partial charge in [0.2, 0.25) is 0 Å². The number of nitrogens with one attached hydrogen (secondary N) is 1. The van der Waals surface area contributed by atoms with E-state index in [0.717, 1.165) is 19.3 Å². The third kappa shape index (κ3) is 4.04. The Bertz CT molecular complexity index is 239. The van der Waals surface area contributed by atoms with Crippen molar-refractivity contribution < 1.29 is 17.7 Å². The summed E-state index contributed by atoms with van der Waals surface area (Å²) in [7, 11) is -3.48. The van der Waals surface area contributed by atoms with Crippen LogP contribution in [0.1, 0.15) is 25.7 Å². The Morgan fingerprint density at radius 1 is 1.46 bits per heavy atom. The van der Waals surface area contributed by atoms with Gasteiger partial charge in [-0.3, -0.25) is 4.18 Å². The van der Waals surface area contributed by atoms with Crippen molar-refractivity contribution in [3.63, 3.8) is 0 Å². The molecule has 78 valence electrons. The number of hydrogen-bond acceptors (Lipinski definition) is 4. The molecule has 1 fully saturated rings. The van der Waals surface area contributed by atoms with E-state index in [1.165, 1.54) is 0 Å². The smallest absolute Gasteiger partial charge is 0.336 e. The number of unbranched alkanes of at least 4 members (excludes halogenated alkanes) is 1. The predicted molar refractivity (Wildman–Crippen MR) is 47.3 cm³/mol. The van der Waals surface area contributed by atoms with Crippen molar-refractivity contribution in [3.8, 4) is 0 Å². The first-order chi connectivity index (χ1) is 6.14. The van der Waals surface area contributed by atoms with Crippen LogP contribution in [-0.4, -0.2) is 32.8 Å². The van der Waals surface area contributed by atoms with Gasteiger partial charge in [0.15, 0.2) is 0 Å². The summed E-state index contributed by atoms with van der Waals surface area (Å²) in [6.45, 7) is 0.426. The second-order valence-electron chi connectivity index (χ2n) is 3.10. The molecule has 0 aromatic heterocycles. The highest BCUT2D eigenvalue weighted by Gasteiger charge is 2.23. The predicted octanol–water partition coefficient (Wildman–Crippen LogP) is -0.228. The molecule has 0 radical (unpaired) electrons. The average molecular weight is 209 g/mol. The fraction of sp³-hybridized carbons (Fsp3) is 1.00. The lowest BCUT2D eigenvalue weighted by Gasteiger charge is -2.22. The van der Waals surface area contributed by atoms with Crippen molar-refractivity contribution >= 4 is 10.3 Å². The zero-order chi connectivity index (χ0) is 9.73. The van der Waals surface area contributed by atoms with Gasteiger partial charge in [0, 0.05) is 12.6 Å². The molecule has 1 heterocycles. The van der Waals surface area contributed by atoms with E-state index < -0.39 is 10.3 Å². The lowest BCUT2D eigenvalue weighted by atomic mass is 10.1. The molecule has 0 bridgehead atoms. The van der Waals surface area contributed by atoms with Gasteiger partial charge in [-0.05, 0) is 25.7 Å². The molecule has 13 heavy (non-hydrogen) atoms. The van der Waals surface area contributed by atoms with Crippen LogP contribution in [0.15, 0.2) is 0 Å². The van der Waals surface area contributed by atoms with Crippen molar-refractivity contribution in [1.29, 1.82) is 0 Å². The van der Waals surface area contributed by atoms with E-state index in [1.807, 2.05) is 0 Å². The summed E-state index contributed by atoms with van der Waals surface area (Å²) in [5, 5.41) is 8.54. The van der Waals surface area contributed by atoms with Crippen molar-refractivity contribution in [2.24, 2.45) is 0 Å². The molecule has 1 saturated heterocycles. The highest BCUT2D eigenvalue weighted by molar-refractivity contribution is 7.84. The quantitative estimate of drug-likeness (QED) is 0.627. The normalized spacial score (nSPS) is 27.3. The minimum atomic E-state index is -3.48. The molecule has 0 saturated carbocycles. The summed E-state index contributed by atoms with van der Waals surface area (Å²) in [6, 6.07) is -0.0229. The van der Waals surface area contributed by atoms with Crippen molar-refractivity contribution in [3.05, 3.63) is 0 Å². The SMILES string of the molecule is O=S1(=O)NC(CCCCO)CCO1. The van der Waals surface area contributed by atoms with E-state index in [4.69, 9.17) is 5.11 Å². The van der Waals surface area contributed by atoms with Crippen LogP contribution in [-0.2, 0) is 14.5 Å². The number of aliphatic hydroxyl groups excluding tert-OH is 1. The van der Waals surface area contributed by atoms with Gasteiger partial charge >= 0.3 is 10.3 Å². The highest BCUT2D eigenvalue weighted by Crippen LogP contribution is 2.11. The minimum Gasteiger partial charge on any atom is -0.396 e. The first-order valence-electron chi connectivity index (χ1n) is 4.41. The molecule has 6 heteroatoms. The van der Waals surface area contributed by atoms with Crippen LogP contribution in [0.5, 0.6) is 0 Å². The van der Waals surface area contributed by atoms with Gasteiger partial charge in [-0.15, -0.1) is 0 Å². The Labute approximate surface area is 78.4 Å². The van der Waals surface area contributed by atoms with E-state index >= 15 is 0 Å². The van der Waals surface area contributed by atoms with E-state index in [9.17, 15) is 8.42 Å². The van der Waals surface area contributed by atoms with Gasteiger partial charge in [0.05, 0.1) is 6.61 Å². The van der Waals surface area contributed by atoms with Gasteiger partial charge in [-0.25, -0.2) is 0 Å². The molecule has 5 nitrogen and oxygen atoms in total. The van der Waals surface area contributed by atoms with Crippen LogP contribution in [0.4, 0.5) is 0 Å². The fourth-order valence-corrected chi connectivity index (χ4v) is 2.33. The van der Waals surface area contributed by atoms with Gasteiger partial charge in [-0.2, -0.15) is 13.1 Å². The maximum atomic E-state index is 10.9. The van der Waals surface area contributed by atoms with Crippen LogP contribution in [0.2, 0.25) is 0 Å². The lowest BCUT2D eigenvalue weighted by Crippen LogP contribution is -2.41. The molecule has 0 aromatic rings. The lowest BCUT2D eigenvalue weighted by molar-refractivity contribution is 0.243. The van der Waals surface area contributed by atoms with E-state index in [0.29, 0.717) is 6.42 Å². The third-order valence-electron chi connectivity index (χ3n) is 1.98. The van der Waals surface area contributed by atoms with Crippen molar-refractivity contribution in [2.45, 2.75) is 31.7 Å². The summed E-state index contributed by atoms with van der Waals surface area (Å²) in [5.74, 6) is 0. The standard InChI is InChI=1S/C7H15NO4S/c9-5-2-1-3-7-4-6-12-13(10,11)8-7/h7-9H,1-6H2. The maximum absolute atomic E-state index is 10.9. The molecular weight excluding hydrogens is 194 g/mol. The molecule has 1 rings (SSSR count). The van der Waals surface area contributed by atoms with Crippen LogP contribution in [0.3, 0.4) is 0 Å². The van der Waals surface area contributed by atoms with Crippen LogP contribution in [0.25, 0.3) is 0 Å². The summed E-state index contributed by atoms with van der Waals surface area (Å²) in [5.41, 5.74) is 0. The maximum Gasteiger partial charge on any atom is 0.336 e. The fourth-order valence-electron chi connectivity index (χ4n) is 1.30. The monoisotopic (exact) mass is 209 g/mol. The first kappa shape index (κ1) is 10.9. The zero-order valence-corrected chi connectivity index (χ0v) is 8.22. The van der Waals surface area contributed by atoms with Gasteiger partial charge in [-0.1, -0.05) is 0 Å². The average Bonchev–Trinajstić information content (AvgIpc) is 2.03. The molecular formula is C7H15NO4S. The minimum absolute atomic E-state index is 0.0229. The molecule has 0 amide bonds. The molecule has 0 spiro atoms. The summed E-state index contributed by atoms with van der Waals surface area (Å²) in [4.78, 5) is 0. The Kier molecular flexibility index (Phi) is 4.11. The summed E-state index contributed by atoms with van der Waals surface area (Å²) < 4.78 is 28.8. The van der Waals surface area contributed by atoms with Crippen LogP contribution in [0, 0.1) is 0 Å². The second kappa shape index (κ2) is 4.90. The summed E-state index contributed by atoms with van der Waals surface area (Å²) in [6.07, 6.45) is 3.04. The van der Waals surface area contributed by atoms with Gasteiger partial charge in [0.25, 0.3) is 0 Å². The summed E-state index contributed by atoms with van der Waals surface area (Å²) >= 11 is 0. The molecule has 1 unspecified atom stereocenters. The topological polar surface area (TPSA) is 75.6 Å². The van der Waals surface area contributed by atoms with E-state index in [1.54, 1.807) is 0 Å². The highest BCUT2D eigenvalue weighted by atomic mass is 32.2. The number of hydrogen-bond donors (Lipinski definition) is 2. The molecule has 1 aliphatic heterocycles. The van der Waals surface area contributed by atoms with Crippen LogP contribution >= 0.6 is 0 Å². The molecule has 1 atom stereocenters. The van der Waals surface area contributed by atoms with Crippen molar-refractivity contribution in [1.82, 2.24) is 4.72 Å².